The van der Waals surface area contributed by atoms with Crippen molar-refractivity contribution >= 4 is 16.8 Å². The van der Waals surface area contributed by atoms with Gasteiger partial charge in [0.05, 0.1) is 0 Å². The number of halogens is 1. The summed E-state index contributed by atoms with van der Waals surface area (Å²) in [6.07, 6.45) is 2.28. The van der Waals surface area contributed by atoms with E-state index in [2.05, 4.69) is 10.3 Å². The summed E-state index contributed by atoms with van der Waals surface area (Å²) in [6, 6.07) is 14.0. The minimum Gasteiger partial charge on any atom is -0.361 e. The second-order valence-electron chi connectivity index (χ2n) is 4.84. The topological polar surface area (TPSA) is 44.9 Å². The molecule has 2 N–H and O–H groups in total. The van der Waals surface area contributed by atoms with E-state index in [1.165, 1.54) is 6.07 Å². The second kappa shape index (κ2) is 5.79. The number of hydrogen-bond donors (Lipinski definition) is 2. The molecule has 0 radical (unpaired) electrons. The molecule has 3 nitrogen and oxygen atoms in total. The maximum atomic E-state index is 13.5. The van der Waals surface area contributed by atoms with Gasteiger partial charge in [-0.25, -0.2) is 4.39 Å². The Morgan fingerprint density at radius 3 is 2.81 bits per heavy atom. The van der Waals surface area contributed by atoms with Crippen LogP contribution in [0.25, 0.3) is 10.9 Å². The van der Waals surface area contributed by atoms with E-state index in [0.717, 1.165) is 10.9 Å². The molecule has 0 saturated carbocycles. The molecule has 0 aliphatic rings. The smallest absolute Gasteiger partial charge is 0.251 e. The van der Waals surface area contributed by atoms with Crippen LogP contribution in [0.4, 0.5) is 4.39 Å². The van der Waals surface area contributed by atoms with E-state index >= 15 is 0 Å². The van der Waals surface area contributed by atoms with Crippen LogP contribution in [0.1, 0.15) is 15.9 Å². The number of carbonyl (C=O) groups excluding carboxylic acids is 1. The highest BCUT2D eigenvalue weighted by molar-refractivity contribution is 6.06. The molecule has 0 fully saturated rings. The van der Waals surface area contributed by atoms with Crippen molar-refractivity contribution in [1.82, 2.24) is 10.3 Å². The number of nitrogens with one attached hydrogen (secondary N) is 2. The zero-order chi connectivity index (χ0) is 14.7. The van der Waals surface area contributed by atoms with Gasteiger partial charge in [0.2, 0.25) is 0 Å². The van der Waals surface area contributed by atoms with Crippen molar-refractivity contribution < 1.29 is 9.18 Å². The molecule has 1 heterocycles. The molecule has 1 aromatic heterocycles. The van der Waals surface area contributed by atoms with Crippen molar-refractivity contribution in [3.05, 3.63) is 71.7 Å². The quantitative estimate of drug-likeness (QED) is 0.758. The van der Waals surface area contributed by atoms with Gasteiger partial charge in [-0.1, -0.05) is 24.3 Å². The number of aromatic amines is 1. The summed E-state index contributed by atoms with van der Waals surface area (Å²) in [5, 5.41) is 3.73. The van der Waals surface area contributed by atoms with Crippen LogP contribution in [0.15, 0.2) is 54.7 Å². The molecule has 3 rings (SSSR count). The van der Waals surface area contributed by atoms with Crippen molar-refractivity contribution in [3.8, 4) is 0 Å². The van der Waals surface area contributed by atoms with E-state index in [4.69, 9.17) is 0 Å². The lowest BCUT2D eigenvalue weighted by atomic mass is 10.1. The molecule has 4 heteroatoms. The molecule has 3 aromatic rings. The van der Waals surface area contributed by atoms with Gasteiger partial charge in [0.1, 0.15) is 5.82 Å². The summed E-state index contributed by atoms with van der Waals surface area (Å²) in [7, 11) is 0. The SMILES string of the molecule is O=C(NCCc1ccccc1F)c1cccc2[nH]ccc12. The van der Waals surface area contributed by atoms with E-state index in [1.54, 1.807) is 30.5 Å². The Morgan fingerprint density at radius 2 is 1.95 bits per heavy atom. The number of benzene rings is 2. The monoisotopic (exact) mass is 282 g/mol. The van der Waals surface area contributed by atoms with Crippen LogP contribution in [0.5, 0.6) is 0 Å². The molecule has 0 atom stereocenters. The Hall–Kier alpha value is -2.62. The van der Waals surface area contributed by atoms with Crippen LogP contribution in [0.2, 0.25) is 0 Å². The van der Waals surface area contributed by atoms with E-state index in [1.807, 2.05) is 18.2 Å². The highest BCUT2D eigenvalue weighted by atomic mass is 19.1. The van der Waals surface area contributed by atoms with E-state index in [9.17, 15) is 9.18 Å². The number of amides is 1. The molecule has 0 aliphatic carbocycles. The zero-order valence-electron chi connectivity index (χ0n) is 11.4. The first-order valence-electron chi connectivity index (χ1n) is 6.83. The molecular weight excluding hydrogens is 267 g/mol. The van der Waals surface area contributed by atoms with Gasteiger partial charge in [-0.15, -0.1) is 0 Å². The van der Waals surface area contributed by atoms with Gasteiger partial charge in [0, 0.05) is 29.2 Å². The number of rotatable bonds is 4. The molecule has 106 valence electrons. The van der Waals surface area contributed by atoms with Crippen LogP contribution < -0.4 is 5.32 Å². The third-order valence-electron chi connectivity index (χ3n) is 3.48. The molecule has 21 heavy (non-hydrogen) atoms. The number of fused-ring (bicyclic) bond motifs is 1. The van der Waals surface area contributed by atoms with Crippen LogP contribution in [-0.2, 0) is 6.42 Å². The zero-order valence-corrected chi connectivity index (χ0v) is 11.4. The number of aromatic nitrogens is 1. The largest absolute Gasteiger partial charge is 0.361 e. The first-order chi connectivity index (χ1) is 10.3. The standard InChI is InChI=1S/C17H15FN2O/c18-15-6-2-1-4-12(15)8-10-20-17(21)14-5-3-7-16-13(14)9-11-19-16/h1-7,9,11,19H,8,10H2,(H,20,21). The van der Waals surface area contributed by atoms with Gasteiger partial charge in [-0.05, 0) is 36.2 Å². The van der Waals surface area contributed by atoms with Crippen molar-refractivity contribution in [3.63, 3.8) is 0 Å². The lowest BCUT2D eigenvalue weighted by Crippen LogP contribution is -2.26. The predicted molar refractivity (Wildman–Crippen MR) is 80.7 cm³/mol. The summed E-state index contributed by atoms with van der Waals surface area (Å²) in [6.45, 7) is 0.403. The number of hydrogen-bond acceptors (Lipinski definition) is 1. The van der Waals surface area contributed by atoms with Gasteiger partial charge in [-0.3, -0.25) is 4.79 Å². The summed E-state index contributed by atoms with van der Waals surface area (Å²) >= 11 is 0. The van der Waals surface area contributed by atoms with Gasteiger partial charge in [0.25, 0.3) is 5.91 Å². The van der Waals surface area contributed by atoms with Gasteiger partial charge >= 0.3 is 0 Å². The number of carbonyl (C=O) groups is 1. The van der Waals surface area contributed by atoms with Crippen molar-refractivity contribution in [2.45, 2.75) is 6.42 Å². The van der Waals surface area contributed by atoms with Crippen molar-refractivity contribution in [2.75, 3.05) is 6.54 Å². The van der Waals surface area contributed by atoms with Crippen LogP contribution in [-0.4, -0.2) is 17.4 Å². The summed E-state index contributed by atoms with van der Waals surface area (Å²) in [5.74, 6) is -0.379. The fourth-order valence-corrected chi connectivity index (χ4v) is 2.39. The Kier molecular flexibility index (Phi) is 3.69. The lowest BCUT2D eigenvalue weighted by molar-refractivity contribution is 0.0955. The Balaban J connectivity index is 1.67. The summed E-state index contributed by atoms with van der Waals surface area (Å²) < 4.78 is 13.5. The molecule has 0 saturated heterocycles. The normalized spacial score (nSPS) is 10.7. The average Bonchev–Trinajstić information content (AvgIpc) is 2.97. The highest BCUT2D eigenvalue weighted by Crippen LogP contribution is 2.17. The Labute approximate surface area is 121 Å². The van der Waals surface area contributed by atoms with Crippen LogP contribution >= 0.6 is 0 Å². The van der Waals surface area contributed by atoms with Gasteiger partial charge in [0.15, 0.2) is 0 Å². The maximum absolute atomic E-state index is 13.5. The Morgan fingerprint density at radius 1 is 1.10 bits per heavy atom. The molecule has 2 aromatic carbocycles. The van der Waals surface area contributed by atoms with Gasteiger partial charge in [-0.2, -0.15) is 0 Å². The van der Waals surface area contributed by atoms with Crippen molar-refractivity contribution in [2.24, 2.45) is 0 Å². The fourth-order valence-electron chi connectivity index (χ4n) is 2.39. The fraction of sp³-hybridized carbons (Fsp3) is 0.118. The van der Waals surface area contributed by atoms with E-state index < -0.39 is 0 Å². The van der Waals surface area contributed by atoms with Crippen molar-refractivity contribution in [1.29, 1.82) is 0 Å². The van der Waals surface area contributed by atoms with Crippen LogP contribution in [0, 0.1) is 5.82 Å². The molecular formula is C17H15FN2O. The predicted octanol–water partition coefficient (Wildman–Crippen LogP) is 3.28. The first-order valence-corrected chi connectivity index (χ1v) is 6.83. The lowest BCUT2D eigenvalue weighted by Gasteiger charge is -2.07. The molecule has 0 spiro atoms. The third kappa shape index (κ3) is 2.79. The summed E-state index contributed by atoms with van der Waals surface area (Å²) in [5.41, 5.74) is 2.16. The minimum atomic E-state index is -0.237. The maximum Gasteiger partial charge on any atom is 0.251 e. The van der Waals surface area contributed by atoms with E-state index in [-0.39, 0.29) is 11.7 Å². The third-order valence-corrected chi connectivity index (χ3v) is 3.48. The van der Waals surface area contributed by atoms with Gasteiger partial charge < -0.3 is 10.3 Å². The van der Waals surface area contributed by atoms with E-state index in [0.29, 0.717) is 24.1 Å². The molecule has 0 unspecified atom stereocenters. The average molecular weight is 282 g/mol. The molecule has 0 aliphatic heterocycles. The highest BCUT2D eigenvalue weighted by Gasteiger charge is 2.10. The Bertz CT molecular complexity index is 779. The summed E-state index contributed by atoms with van der Waals surface area (Å²) in [4.78, 5) is 15.3. The second-order valence-corrected chi connectivity index (χ2v) is 4.84. The minimum absolute atomic E-state index is 0.142. The van der Waals surface area contributed by atoms with Crippen LogP contribution in [0.3, 0.4) is 0 Å². The molecule has 1 amide bonds. The molecule has 0 bridgehead atoms. The number of H-pyrrole nitrogens is 1. The first kappa shape index (κ1) is 13.4.